The van der Waals surface area contributed by atoms with E-state index in [1.807, 2.05) is 14.2 Å². The molecular formula is C11H23NO. The van der Waals surface area contributed by atoms with Gasteiger partial charge in [0, 0.05) is 13.2 Å². The lowest BCUT2D eigenvalue weighted by Crippen LogP contribution is -2.51. The minimum atomic E-state index is 0.0897. The van der Waals surface area contributed by atoms with Crippen molar-refractivity contribution in [1.29, 1.82) is 0 Å². The number of hydrogen-bond donors (Lipinski definition) is 1. The summed E-state index contributed by atoms with van der Waals surface area (Å²) in [5.74, 6) is 0.810. The molecule has 0 radical (unpaired) electrons. The summed E-state index contributed by atoms with van der Waals surface area (Å²) in [7, 11) is 3.87. The normalized spacial score (nSPS) is 37.4. The van der Waals surface area contributed by atoms with Gasteiger partial charge in [-0.1, -0.05) is 19.8 Å². The third-order valence-corrected chi connectivity index (χ3v) is 3.62. The van der Waals surface area contributed by atoms with E-state index in [-0.39, 0.29) is 5.60 Å². The van der Waals surface area contributed by atoms with Gasteiger partial charge in [-0.25, -0.2) is 0 Å². The highest BCUT2D eigenvalue weighted by Crippen LogP contribution is 2.36. The van der Waals surface area contributed by atoms with E-state index in [9.17, 15) is 0 Å². The molecule has 2 heteroatoms. The van der Waals surface area contributed by atoms with Crippen molar-refractivity contribution in [1.82, 2.24) is 5.32 Å². The summed E-state index contributed by atoms with van der Waals surface area (Å²) >= 11 is 0. The van der Waals surface area contributed by atoms with Crippen LogP contribution in [-0.2, 0) is 4.74 Å². The van der Waals surface area contributed by atoms with E-state index in [2.05, 4.69) is 19.2 Å². The maximum atomic E-state index is 5.74. The quantitative estimate of drug-likeness (QED) is 0.727. The number of rotatable bonds is 3. The van der Waals surface area contributed by atoms with Crippen molar-refractivity contribution in [2.24, 2.45) is 5.92 Å². The fourth-order valence-electron chi connectivity index (χ4n) is 2.56. The van der Waals surface area contributed by atoms with Crippen LogP contribution in [0.2, 0.25) is 0 Å². The molecule has 0 aromatic carbocycles. The van der Waals surface area contributed by atoms with Crippen LogP contribution in [-0.4, -0.2) is 25.8 Å². The Morgan fingerprint density at radius 1 is 1.54 bits per heavy atom. The van der Waals surface area contributed by atoms with Gasteiger partial charge in [-0.15, -0.1) is 0 Å². The van der Waals surface area contributed by atoms with Crippen LogP contribution in [0.4, 0.5) is 0 Å². The van der Waals surface area contributed by atoms with Crippen LogP contribution < -0.4 is 5.32 Å². The Bertz CT molecular complexity index is 160. The second kappa shape index (κ2) is 4.43. The van der Waals surface area contributed by atoms with Crippen LogP contribution in [0.25, 0.3) is 0 Å². The van der Waals surface area contributed by atoms with Gasteiger partial charge in [0.25, 0.3) is 0 Å². The average molecular weight is 185 g/mol. The highest BCUT2D eigenvalue weighted by molar-refractivity contribution is 4.94. The van der Waals surface area contributed by atoms with E-state index in [0.29, 0.717) is 6.04 Å². The summed E-state index contributed by atoms with van der Waals surface area (Å²) in [4.78, 5) is 0. The third-order valence-electron chi connectivity index (χ3n) is 3.62. The van der Waals surface area contributed by atoms with Crippen LogP contribution >= 0.6 is 0 Å². The molecule has 13 heavy (non-hydrogen) atoms. The molecule has 0 bridgehead atoms. The topological polar surface area (TPSA) is 21.3 Å². The Labute approximate surface area is 82.0 Å². The molecule has 0 spiro atoms. The number of ether oxygens (including phenoxy) is 1. The second-order valence-electron chi connectivity index (χ2n) is 4.48. The largest absolute Gasteiger partial charge is 0.377 e. The molecule has 1 rings (SSSR count). The zero-order valence-corrected chi connectivity index (χ0v) is 9.39. The van der Waals surface area contributed by atoms with Crippen LogP contribution in [0, 0.1) is 5.92 Å². The minimum absolute atomic E-state index is 0.0897. The van der Waals surface area contributed by atoms with Gasteiger partial charge in [0.1, 0.15) is 0 Å². The number of likely N-dealkylation sites (N-methyl/N-ethyl adjacent to an activating group) is 1. The molecule has 0 saturated heterocycles. The van der Waals surface area contributed by atoms with Gasteiger partial charge in [0.15, 0.2) is 0 Å². The standard InChI is InChI=1S/C11H23NO/c1-9-6-5-7-11(8-9,13-4)10(2)12-3/h9-10,12H,5-8H2,1-4H3. The molecule has 0 heterocycles. The molecule has 1 aliphatic carbocycles. The smallest absolute Gasteiger partial charge is 0.0830 e. The zero-order valence-electron chi connectivity index (χ0n) is 9.39. The monoisotopic (exact) mass is 185 g/mol. The van der Waals surface area contributed by atoms with Gasteiger partial charge in [-0.3, -0.25) is 0 Å². The molecule has 0 aromatic heterocycles. The summed E-state index contributed by atoms with van der Waals surface area (Å²) in [5.41, 5.74) is 0.0897. The predicted molar refractivity (Wildman–Crippen MR) is 55.9 cm³/mol. The fourth-order valence-corrected chi connectivity index (χ4v) is 2.56. The number of methoxy groups -OCH3 is 1. The van der Waals surface area contributed by atoms with Crippen molar-refractivity contribution in [3.63, 3.8) is 0 Å². The van der Waals surface area contributed by atoms with Crippen LogP contribution in [0.1, 0.15) is 39.5 Å². The summed E-state index contributed by atoms with van der Waals surface area (Å²) in [6, 6.07) is 0.459. The lowest BCUT2D eigenvalue weighted by atomic mass is 9.75. The molecule has 0 aromatic rings. The van der Waals surface area contributed by atoms with E-state index < -0.39 is 0 Å². The Kier molecular flexibility index (Phi) is 3.74. The third kappa shape index (κ3) is 2.23. The first-order chi connectivity index (χ1) is 6.14. The zero-order chi connectivity index (χ0) is 9.90. The molecule has 0 aliphatic heterocycles. The molecule has 1 N–H and O–H groups in total. The second-order valence-corrected chi connectivity index (χ2v) is 4.48. The van der Waals surface area contributed by atoms with E-state index in [4.69, 9.17) is 4.74 Å². The van der Waals surface area contributed by atoms with Gasteiger partial charge >= 0.3 is 0 Å². The van der Waals surface area contributed by atoms with Crippen molar-refractivity contribution < 1.29 is 4.74 Å². The maximum absolute atomic E-state index is 5.74. The van der Waals surface area contributed by atoms with Gasteiger partial charge in [0.05, 0.1) is 5.60 Å². The molecule has 2 nitrogen and oxygen atoms in total. The van der Waals surface area contributed by atoms with Crippen molar-refractivity contribution in [3.8, 4) is 0 Å². The average Bonchev–Trinajstić information content (AvgIpc) is 2.16. The number of nitrogens with one attached hydrogen (secondary N) is 1. The first-order valence-corrected chi connectivity index (χ1v) is 5.37. The van der Waals surface area contributed by atoms with Crippen LogP contribution in [0.15, 0.2) is 0 Å². The van der Waals surface area contributed by atoms with Gasteiger partial charge in [-0.05, 0) is 32.7 Å². The van der Waals surface area contributed by atoms with E-state index >= 15 is 0 Å². The van der Waals surface area contributed by atoms with E-state index in [1.165, 1.54) is 25.7 Å². The van der Waals surface area contributed by atoms with Crippen molar-refractivity contribution in [2.75, 3.05) is 14.2 Å². The van der Waals surface area contributed by atoms with Gasteiger partial charge < -0.3 is 10.1 Å². The Balaban J connectivity index is 2.67. The maximum Gasteiger partial charge on any atom is 0.0830 e. The van der Waals surface area contributed by atoms with Crippen molar-refractivity contribution in [3.05, 3.63) is 0 Å². The van der Waals surface area contributed by atoms with Crippen molar-refractivity contribution >= 4 is 0 Å². The Hall–Kier alpha value is -0.0800. The molecule has 1 saturated carbocycles. The summed E-state index contributed by atoms with van der Waals surface area (Å²) < 4.78 is 5.74. The summed E-state index contributed by atoms with van der Waals surface area (Å²) in [6.45, 7) is 4.55. The van der Waals surface area contributed by atoms with Gasteiger partial charge in [0.2, 0.25) is 0 Å². The Morgan fingerprint density at radius 3 is 2.69 bits per heavy atom. The fraction of sp³-hybridized carbons (Fsp3) is 1.00. The molecule has 3 atom stereocenters. The highest BCUT2D eigenvalue weighted by Gasteiger charge is 2.39. The lowest BCUT2D eigenvalue weighted by molar-refractivity contribution is -0.0734. The van der Waals surface area contributed by atoms with E-state index in [0.717, 1.165) is 5.92 Å². The van der Waals surface area contributed by atoms with Crippen LogP contribution in [0.3, 0.4) is 0 Å². The molecule has 1 aliphatic rings. The SMILES string of the molecule is CNC(C)C1(OC)CCCC(C)C1. The van der Waals surface area contributed by atoms with Crippen LogP contribution in [0.5, 0.6) is 0 Å². The van der Waals surface area contributed by atoms with Gasteiger partial charge in [-0.2, -0.15) is 0 Å². The predicted octanol–water partition coefficient (Wildman–Crippen LogP) is 2.19. The number of hydrogen-bond acceptors (Lipinski definition) is 2. The molecule has 0 amide bonds. The molecular weight excluding hydrogens is 162 g/mol. The molecule has 1 fully saturated rings. The first-order valence-electron chi connectivity index (χ1n) is 5.37. The molecule has 78 valence electrons. The summed E-state index contributed by atoms with van der Waals surface area (Å²) in [6.07, 6.45) is 5.07. The minimum Gasteiger partial charge on any atom is -0.377 e. The highest BCUT2D eigenvalue weighted by atomic mass is 16.5. The van der Waals surface area contributed by atoms with E-state index in [1.54, 1.807) is 0 Å². The first kappa shape index (κ1) is 11.0. The summed E-state index contributed by atoms with van der Waals surface area (Å²) in [5, 5.41) is 3.32. The lowest BCUT2D eigenvalue weighted by Gasteiger charge is -2.43. The molecule has 3 unspecified atom stereocenters. The van der Waals surface area contributed by atoms with Crippen molar-refractivity contribution in [2.45, 2.75) is 51.2 Å². The Morgan fingerprint density at radius 2 is 2.23 bits per heavy atom.